The van der Waals surface area contributed by atoms with E-state index >= 15 is 0 Å². The summed E-state index contributed by atoms with van der Waals surface area (Å²) >= 11 is 7.55. The highest BCUT2D eigenvalue weighted by molar-refractivity contribution is 9.10. The minimum absolute atomic E-state index is 0.307. The van der Waals surface area contributed by atoms with Crippen molar-refractivity contribution in [2.75, 3.05) is 6.61 Å². The van der Waals surface area contributed by atoms with Crippen LogP contribution in [0.3, 0.4) is 0 Å². The quantitative estimate of drug-likeness (QED) is 0.673. The Morgan fingerprint density at radius 2 is 2.19 bits per heavy atom. The molecule has 0 amide bonds. The second-order valence-electron chi connectivity index (χ2n) is 3.98. The highest BCUT2D eigenvalue weighted by Crippen LogP contribution is 2.20. The number of rotatable bonds is 4. The van der Waals surface area contributed by atoms with Gasteiger partial charge in [-0.25, -0.2) is 4.79 Å². The molecule has 4 heteroatoms. The van der Waals surface area contributed by atoms with E-state index in [1.807, 2.05) is 0 Å². The molecule has 0 spiro atoms. The van der Waals surface area contributed by atoms with Crippen LogP contribution in [0.25, 0.3) is 0 Å². The Hall–Kier alpha value is -0.480. The predicted octanol–water partition coefficient (Wildman–Crippen LogP) is 3.94. The normalized spacial score (nSPS) is 10.6. The first-order chi connectivity index (χ1) is 7.50. The molecule has 0 aliphatic carbocycles. The predicted molar refractivity (Wildman–Crippen MR) is 71.1 cm³/mol. The lowest BCUT2D eigenvalue weighted by atomic mass is 10.1. The van der Waals surface area contributed by atoms with E-state index in [0.29, 0.717) is 23.0 Å². The highest BCUT2D eigenvalue weighted by Gasteiger charge is 2.11. The molecule has 1 aromatic rings. The molecule has 0 bridgehead atoms. The highest BCUT2D eigenvalue weighted by atomic mass is 79.9. The Bertz CT molecular complexity index is 377. The maximum Gasteiger partial charge on any atom is 0.339 e. The summed E-state index contributed by atoms with van der Waals surface area (Å²) in [6.07, 6.45) is 0.879. The van der Waals surface area contributed by atoms with Gasteiger partial charge in [-0.15, -0.1) is 12.6 Å². The first kappa shape index (κ1) is 13.6. The Morgan fingerprint density at radius 1 is 1.50 bits per heavy atom. The summed E-state index contributed by atoms with van der Waals surface area (Å²) in [5.41, 5.74) is 0.510. The van der Waals surface area contributed by atoms with E-state index in [9.17, 15) is 4.79 Å². The van der Waals surface area contributed by atoms with Crippen LogP contribution < -0.4 is 0 Å². The van der Waals surface area contributed by atoms with E-state index in [1.165, 1.54) is 0 Å². The maximum atomic E-state index is 11.7. The van der Waals surface area contributed by atoms with Gasteiger partial charge in [-0.1, -0.05) is 29.8 Å². The van der Waals surface area contributed by atoms with Gasteiger partial charge in [0.2, 0.25) is 0 Å². The van der Waals surface area contributed by atoms with Gasteiger partial charge in [-0.3, -0.25) is 0 Å². The van der Waals surface area contributed by atoms with Crippen LogP contribution in [0.15, 0.2) is 27.6 Å². The third-order valence-corrected chi connectivity index (χ3v) is 2.97. The average molecular weight is 303 g/mol. The summed E-state index contributed by atoms with van der Waals surface area (Å²) in [5, 5.41) is 0. The molecule has 0 saturated heterocycles. The molecule has 0 saturated carbocycles. The van der Waals surface area contributed by atoms with E-state index < -0.39 is 0 Å². The van der Waals surface area contributed by atoms with Gasteiger partial charge in [0.1, 0.15) is 0 Å². The van der Waals surface area contributed by atoms with Gasteiger partial charge < -0.3 is 4.74 Å². The van der Waals surface area contributed by atoms with E-state index in [1.54, 1.807) is 18.2 Å². The third-order valence-electron chi connectivity index (χ3n) is 2.11. The molecule has 1 rings (SSSR count). The molecular formula is C12H15BrO2S. The van der Waals surface area contributed by atoms with Gasteiger partial charge >= 0.3 is 5.97 Å². The summed E-state index contributed by atoms with van der Waals surface area (Å²) < 4.78 is 6.06. The molecule has 0 fully saturated rings. The lowest BCUT2D eigenvalue weighted by Gasteiger charge is -2.08. The van der Waals surface area contributed by atoms with Gasteiger partial charge in [0.05, 0.1) is 12.2 Å². The van der Waals surface area contributed by atoms with Crippen LogP contribution in [0.2, 0.25) is 0 Å². The minimum Gasteiger partial charge on any atom is -0.462 e. The molecule has 0 atom stereocenters. The summed E-state index contributed by atoms with van der Waals surface area (Å²) in [6, 6.07) is 5.30. The van der Waals surface area contributed by atoms with Crippen molar-refractivity contribution in [3.05, 3.63) is 28.2 Å². The van der Waals surface area contributed by atoms with Crippen molar-refractivity contribution in [3.63, 3.8) is 0 Å². The summed E-state index contributed by atoms with van der Waals surface area (Å²) in [6.45, 7) is 4.65. The van der Waals surface area contributed by atoms with E-state index in [0.717, 1.165) is 10.9 Å². The van der Waals surface area contributed by atoms with E-state index in [2.05, 4.69) is 42.4 Å². The van der Waals surface area contributed by atoms with Crippen LogP contribution in [0.5, 0.6) is 0 Å². The molecule has 0 heterocycles. The molecule has 88 valence electrons. The zero-order valence-corrected chi connectivity index (χ0v) is 11.8. The molecule has 1 aromatic carbocycles. The van der Waals surface area contributed by atoms with Crippen molar-refractivity contribution in [2.45, 2.75) is 25.2 Å². The van der Waals surface area contributed by atoms with Gasteiger partial charge in [0.15, 0.2) is 0 Å². The van der Waals surface area contributed by atoms with Crippen molar-refractivity contribution in [3.8, 4) is 0 Å². The smallest absolute Gasteiger partial charge is 0.339 e. The van der Waals surface area contributed by atoms with Crippen LogP contribution in [0.4, 0.5) is 0 Å². The van der Waals surface area contributed by atoms with Crippen molar-refractivity contribution >= 4 is 34.5 Å². The molecular weight excluding hydrogens is 288 g/mol. The molecule has 2 nitrogen and oxygen atoms in total. The second-order valence-corrected chi connectivity index (χ2v) is 5.38. The number of esters is 1. The number of hydrogen-bond donors (Lipinski definition) is 1. The Morgan fingerprint density at radius 3 is 2.75 bits per heavy atom. The second kappa shape index (κ2) is 6.30. The van der Waals surface area contributed by atoms with Crippen LogP contribution in [-0.4, -0.2) is 12.6 Å². The zero-order valence-electron chi connectivity index (χ0n) is 9.37. The summed E-state index contributed by atoms with van der Waals surface area (Å²) in [4.78, 5) is 12.3. The number of benzene rings is 1. The summed E-state index contributed by atoms with van der Waals surface area (Å²) in [5.74, 6) is 0.228. The van der Waals surface area contributed by atoms with Crippen molar-refractivity contribution in [1.82, 2.24) is 0 Å². The van der Waals surface area contributed by atoms with Crippen molar-refractivity contribution in [1.29, 1.82) is 0 Å². The minimum atomic E-state index is -0.307. The monoisotopic (exact) mass is 302 g/mol. The van der Waals surface area contributed by atoms with Crippen molar-refractivity contribution < 1.29 is 9.53 Å². The zero-order chi connectivity index (χ0) is 12.1. The Labute approximate surface area is 110 Å². The Kier molecular flexibility index (Phi) is 5.35. The molecule has 0 aromatic heterocycles. The SMILES string of the molecule is CC(C)CCOC(=O)c1ccc(Br)cc1S. The van der Waals surface area contributed by atoms with Crippen LogP contribution in [0.1, 0.15) is 30.6 Å². The lowest BCUT2D eigenvalue weighted by Crippen LogP contribution is -2.08. The topological polar surface area (TPSA) is 26.3 Å². The van der Waals surface area contributed by atoms with Crippen molar-refractivity contribution in [2.24, 2.45) is 5.92 Å². The molecule has 0 N–H and O–H groups in total. The third kappa shape index (κ3) is 4.18. The molecule has 0 aliphatic rings. The summed E-state index contributed by atoms with van der Waals surface area (Å²) in [7, 11) is 0. The van der Waals surface area contributed by atoms with Crippen LogP contribution >= 0.6 is 28.6 Å². The van der Waals surface area contributed by atoms with Gasteiger partial charge in [-0.05, 0) is 30.5 Å². The van der Waals surface area contributed by atoms with Gasteiger partial charge in [0, 0.05) is 9.37 Å². The first-order valence-corrected chi connectivity index (χ1v) is 6.40. The number of hydrogen-bond acceptors (Lipinski definition) is 3. The maximum absolute atomic E-state index is 11.7. The standard InChI is InChI=1S/C12H15BrO2S/c1-8(2)5-6-15-12(14)10-4-3-9(13)7-11(10)16/h3-4,7-8,16H,5-6H2,1-2H3. The first-order valence-electron chi connectivity index (χ1n) is 5.16. The number of ether oxygens (including phenoxy) is 1. The number of carbonyl (C=O) groups is 1. The van der Waals surface area contributed by atoms with Gasteiger partial charge in [-0.2, -0.15) is 0 Å². The molecule has 0 aliphatic heterocycles. The lowest BCUT2D eigenvalue weighted by molar-refractivity contribution is 0.0484. The van der Waals surface area contributed by atoms with Crippen LogP contribution in [-0.2, 0) is 4.74 Å². The molecule has 0 unspecified atom stereocenters. The number of thiol groups is 1. The fourth-order valence-corrected chi connectivity index (χ4v) is 1.99. The fraction of sp³-hybridized carbons (Fsp3) is 0.417. The molecule has 0 radical (unpaired) electrons. The van der Waals surface area contributed by atoms with Crippen LogP contribution in [0, 0.1) is 5.92 Å². The Balaban J connectivity index is 2.59. The van der Waals surface area contributed by atoms with E-state index in [-0.39, 0.29) is 5.97 Å². The molecule has 16 heavy (non-hydrogen) atoms. The van der Waals surface area contributed by atoms with E-state index in [4.69, 9.17) is 4.74 Å². The number of halogens is 1. The fourth-order valence-electron chi connectivity index (χ4n) is 1.14. The van der Waals surface area contributed by atoms with Gasteiger partial charge in [0.25, 0.3) is 0 Å². The largest absolute Gasteiger partial charge is 0.462 e. The number of carbonyl (C=O) groups excluding carboxylic acids is 1. The average Bonchev–Trinajstić information content (AvgIpc) is 2.16.